The number of phenols is 1. The molecule has 4 nitrogen and oxygen atoms in total. The van der Waals surface area contributed by atoms with E-state index < -0.39 is 0 Å². The van der Waals surface area contributed by atoms with E-state index in [9.17, 15) is 5.11 Å². The fourth-order valence-corrected chi connectivity index (χ4v) is 4.99. The highest BCUT2D eigenvalue weighted by atomic mass is 16.5. The highest BCUT2D eigenvalue weighted by Gasteiger charge is 2.33. The van der Waals surface area contributed by atoms with E-state index in [0.29, 0.717) is 17.6 Å². The van der Waals surface area contributed by atoms with Crippen LogP contribution in [0.3, 0.4) is 0 Å². The fraction of sp³-hybridized carbons (Fsp3) is 0.520. The number of ether oxygens (including phenoxy) is 2. The van der Waals surface area contributed by atoms with E-state index in [1.807, 2.05) is 12.1 Å². The van der Waals surface area contributed by atoms with E-state index in [0.717, 1.165) is 44.6 Å². The van der Waals surface area contributed by atoms with Crippen molar-refractivity contribution in [2.45, 2.75) is 57.0 Å². The Labute approximate surface area is 174 Å². The van der Waals surface area contributed by atoms with Gasteiger partial charge in [0.1, 0.15) is 11.4 Å². The average molecular weight is 396 g/mol. The molecule has 0 radical (unpaired) electrons. The second-order valence-corrected chi connectivity index (χ2v) is 9.14. The van der Waals surface area contributed by atoms with Gasteiger partial charge in [-0.2, -0.15) is 0 Å². The lowest BCUT2D eigenvalue weighted by molar-refractivity contribution is 0.0675. The highest BCUT2D eigenvalue weighted by Crippen LogP contribution is 2.42. The summed E-state index contributed by atoms with van der Waals surface area (Å²) in [6.45, 7) is 7.80. The minimum atomic E-state index is -0.0933. The Morgan fingerprint density at radius 1 is 1.14 bits per heavy atom. The van der Waals surface area contributed by atoms with Gasteiger partial charge in [0.15, 0.2) is 11.5 Å². The van der Waals surface area contributed by atoms with Gasteiger partial charge in [0.05, 0.1) is 7.11 Å². The summed E-state index contributed by atoms with van der Waals surface area (Å²) in [7, 11) is 1.61. The van der Waals surface area contributed by atoms with Crippen LogP contribution in [0.1, 0.15) is 62.5 Å². The first-order chi connectivity index (χ1) is 13.9. The van der Waals surface area contributed by atoms with Gasteiger partial charge in [0.2, 0.25) is 0 Å². The first-order valence-electron chi connectivity index (χ1n) is 10.8. The predicted octanol–water partition coefficient (Wildman–Crippen LogP) is 5.32. The molecule has 1 unspecified atom stereocenters. The molecule has 0 aliphatic carbocycles. The van der Waals surface area contributed by atoms with Crippen molar-refractivity contribution in [1.82, 2.24) is 4.90 Å². The van der Waals surface area contributed by atoms with Crippen molar-refractivity contribution in [3.05, 3.63) is 53.6 Å². The summed E-state index contributed by atoms with van der Waals surface area (Å²) in [4.78, 5) is 2.61. The standard InChI is InChI=1S/C25H33NO3/c1-25(2)17-20(21-6-4-5-7-23(21)29-25)12-15-26-13-10-18(11-14-26)19-8-9-22(27)24(16-19)28-3/h4-9,16,18,20,27H,10-15,17H2,1-3H3. The molecule has 2 aromatic carbocycles. The molecule has 156 valence electrons. The molecular formula is C25H33NO3. The predicted molar refractivity (Wildman–Crippen MR) is 116 cm³/mol. The molecule has 0 spiro atoms. The number of para-hydroxylation sites is 1. The van der Waals surface area contributed by atoms with Crippen LogP contribution in [0.4, 0.5) is 0 Å². The number of phenolic OH excluding ortho intramolecular Hbond substituents is 1. The van der Waals surface area contributed by atoms with Crippen molar-refractivity contribution >= 4 is 0 Å². The Bertz CT molecular complexity index is 840. The van der Waals surface area contributed by atoms with E-state index >= 15 is 0 Å². The van der Waals surface area contributed by atoms with Crippen LogP contribution >= 0.6 is 0 Å². The van der Waals surface area contributed by atoms with Gasteiger partial charge in [-0.3, -0.25) is 0 Å². The van der Waals surface area contributed by atoms with Gasteiger partial charge in [-0.15, -0.1) is 0 Å². The smallest absolute Gasteiger partial charge is 0.160 e. The molecule has 4 rings (SSSR count). The molecule has 1 fully saturated rings. The number of nitrogens with zero attached hydrogens (tertiary/aromatic N) is 1. The third-order valence-electron chi connectivity index (χ3n) is 6.54. The quantitative estimate of drug-likeness (QED) is 0.744. The highest BCUT2D eigenvalue weighted by molar-refractivity contribution is 5.43. The Morgan fingerprint density at radius 2 is 1.90 bits per heavy atom. The van der Waals surface area contributed by atoms with Gasteiger partial charge in [0.25, 0.3) is 0 Å². The van der Waals surface area contributed by atoms with Crippen LogP contribution < -0.4 is 9.47 Å². The van der Waals surface area contributed by atoms with E-state index in [1.165, 1.54) is 17.5 Å². The zero-order valence-electron chi connectivity index (χ0n) is 17.9. The summed E-state index contributed by atoms with van der Waals surface area (Å²) in [6, 6.07) is 14.3. The number of aromatic hydroxyl groups is 1. The van der Waals surface area contributed by atoms with Crippen LogP contribution in [0, 0.1) is 0 Å². The third kappa shape index (κ3) is 4.53. The van der Waals surface area contributed by atoms with Gasteiger partial charge >= 0.3 is 0 Å². The Hall–Kier alpha value is -2.20. The normalized spacial score (nSPS) is 22.0. The Morgan fingerprint density at radius 3 is 2.66 bits per heavy atom. The molecule has 2 heterocycles. The largest absolute Gasteiger partial charge is 0.504 e. The molecule has 0 aromatic heterocycles. The molecule has 4 heteroatoms. The van der Waals surface area contributed by atoms with Gasteiger partial charge < -0.3 is 19.5 Å². The molecule has 2 aromatic rings. The molecule has 2 aliphatic rings. The number of hydrogen-bond acceptors (Lipinski definition) is 4. The SMILES string of the molecule is COc1cc(C2CCN(CCC3CC(C)(C)Oc4ccccc43)CC2)ccc1O. The first-order valence-corrected chi connectivity index (χ1v) is 10.8. The van der Waals surface area contributed by atoms with E-state index in [4.69, 9.17) is 9.47 Å². The molecule has 0 bridgehead atoms. The summed E-state index contributed by atoms with van der Waals surface area (Å²) in [5.74, 6) is 2.96. The van der Waals surface area contributed by atoms with E-state index in [2.05, 4.69) is 43.0 Å². The number of benzene rings is 2. The fourth-order valence-electron chi connectivity index (χ4n) is 4.99. The van der Waals surface area contributed by atoms with Crippen molar-refractivity contribution in [2.75, 3.05) is 26.7 Å². The second kappa shape index (κ2) is 8.27. The summed E-state index contributed by atoms with van der Waals surface area (Å²) >= 11 is 0. The van der Waals surface area contributed by atoms with Crippen molar-refractivity contribution in [2.24, 2.45) is 0 Å². The second-order valence-electron chi connectivity index (χ2n) is 9.14. The molecule has 2 aliphatic heterocycles. The Kier molecular flexibility index (Phi) is 5.73. The van der Waals surface area contributed by atoms with Crippen LogP contribution in [0.5, 0.6) is 17.2 Å². The van der Waals surface area contributed by atoms with Crippen LogP contribution in [-0.2, 0) is 0 Å². The number of fused-ring (bicyclic) bond motifs is 1. The summed E-state index contributed by atoms with van der Waals surface area (Å²) in [6.07, 6.45) is 4.57. The van der Waals surface area contributed by atoms with Crippen molar-refractivity contribution in [1.29, 1.82) is 0 Å². The summed E-state index contributed by atoms with van der Waals surface area (Å²) in [5.41, 5.74) is 2.56. The van der Waals surface area contributed by atoms with Gasteiger partial charge in [-0.1, -0.05) is 24.3 Å². The van der Waals surface area contributed by atoms with Gasteiger partial charge in [0, 0.05) is 0 Å². The molecular weight excluding hydrogens is 362 g/mol. The lowest BCUT2D eigenvalue weighted by Crippen LogP contribution is -2.37. The maximum Gasteiger partial charge on any atom is 0.160 e. The molecule has 29 heavy (non-hydrogen) atoms. The number of hydrogen-bond donors (Lipinski definition) is 1. The molecule has 1 saturated heterocycles. The lowest BCUT2D eigenvalue weighted by atomic mass is 9.82. The third-order valence-corrected chi connectivity index (χ3v) is 6.54. The van der Waals surface area contributed by atoms with Crippen LogP contribution in [0.2, 0.25) is 0 Å². The average Bonchev–Trinajstić information content (AvgIpc) is 2.72. The maximum atomic E-state index is 9.83. The van der Waals surface area contributed by atoms with E-state index in [-0.39, 0.29) is 11.4 Å². The van der Waals surface area contributed by atoms with Crippen molar-refractivity contribution < 1.29 is 14.6 Å². The van der Waals surface area contributed by atoms with Gasteiger partial charge in [-0.25, -0.2) is 0 Å². The molecule has 0 amide bonds. The van der Waals surface area contributed by atoms with E-state index in [1.54, 1.807) is 13.2 Å². The minimum absolute atomic E-state index is 0.0933. The zero-order valence-corrected chi connectivity index (χ0v) is 17.9. The van der Waals surface area contributed by atoms with Crippen molar-refractivity contribution in [3.63, 3.8) is 0 Å². The molecule has 0 saturated carbocycles. The first kappa shape index (κ1) is 20.1. The topological polar surface area (TPSA) is 41.9 Å². The lowest BCUT2D eigenvalue weighted by Gasteiger charge is -2.39. The summed E-state index contributed by atoms with van der Waals surface area (Å²) in [5, 5.41) is 9.83. The number of rotatable bonds is 5. The minimum Gasteiger partial charge on any atom is -0.504 e. The van der Waals surface area contributed by atoms with Crippen LogP contribution in [0.25, 0.3) is 0 Å². The number of methoxy groups -OCH3 is 1. The number of likely N-dealkylation sites (tertiary alicyclic amines) is 1. The molecule has 1 N–H and O–H groups in total. The van der Waals surface area contributed by atoms with Crippen LogP contribution in [0.15, 0.2) is 42.5 Å². The van der Waals surface area contributed by atoms with Crippen molar-refractivity contribution in [3.8, 4) is 17.2 Å². The van der Waals surface area contributed by atoms with Gasteiger partial charge in [-0.05, 0) is 100 Å². The zero-order chi connectivity index (χ0) is 20.4. The monoisotopic (exact) mass is 395 g/mol. The maximum absolute atomic E-state index is 9.83. The summed E-state index contributed by atoms with van der Waals surface area (Å²) < 4.78 is 11.5. The Balaban J connectivity index is 1.34. The number of piperidine rings is 1. The molecule has 1 atom stereocenters. The van der Waals surface area contributed by atoms with Crippen LogP contribution in [-0.4, -0.2) is 42.4 Å².